The van der Waals surface area contributed by atoms with Crippen molar-refractivity contribution in [2.75, 3.05) is 19.5 Å². The lowest BCUT2D eigenvalue weighted by atomic mass is 10.0. The number of alkyl halides is 3. The van der Waals surface area contributed by atoms with E-state index in [2.05, 4.69) is 20.4 Å². The number of H-pyrrole nitrogens is 1. The minimum absolute atomic E-state index is 0.00690. The predicted octanol–water partition coefficient (Wildman–Crippen LogP) is 4.51. The van der Waals surface area contributed by atoms with Crippen LogP contribution in [0.25, 0.3) is 22.3 Å². The second-order valence-corrected chi connectivity index (χ2v) is 8.83. The fraction of sp³-hybridized carbons (Fsp3) is 0.280. The fourth-order valence-corrected chi connectivity index (χ4v) is 4.16. The zero-order valence-corrected chi connectivity index (χ0v) is 20.0. The van der Waals surface area contributed by atoms with E-state index in [4.69, 9.17) is 14.0 Å². The maximum atomic E-state index is 14.9. The van der Waals surface area contributed by atoms with Crippen molar-refractivity contribution in [3.05, 3.63) is 63.9 Å². The molecule has 0 bridgehead atoms. The highest BCUT2D eigenvalue weighted by Crippen LogP contribution is 2.59. The summed E-state index contributed by atoms with van der Waals surface area (Å²) in [6.45, 7) is 0. The molecule has 0 aliphatic heterocycles. The molecule has 0 unspecified atom stereocenters. The molecule has 0 spiro atoms. The molecule has 5 rings (SSSR count). The van der Waals surface area contributed by atoms with Crippen molar-refractivity contribution in [1.29, 1.82) is 0 Å². The van der Waals surface area contributed by atoms with E-state index in [0.29, 0.717) is 22.5 Å². The van der Waals surface area contributed by atoms with Crippen LogP contribution in [0, 0.1) is 5.82 Å². The van der Waals surface area contributed by atoms with E-state index in [0.717, 1.165) is 12.1 Å². The third-order valence-electron chi connectivity index (χ3n) is 6.42. The Kier molecular flexibility index (Phi) is 6.08. The first-order chi connectivity index (χ1) is 18.0. The van der Waals surface area contributed by atoms with E-state index in [9.17, 15) is 27.2 Å². The van der Waals surface area contributed by atoms with Crippen molar-refractivity contribution in [2.45, 2.75) is 30.9 Å². The molecule has 38 heavy (non-hydrogen) atoms. The van der Waals surface area contributed by atoms with E-state index in [1.165, 1.54) is 26.4 Å². The monoisotopic (exact) mass is 532 g/mol. The fourth-order valence-electron chi connectivity index (χ4n) is 4.16. The van der Waals surface area contributed by atoms with Crippen LogP contribution in [-0.2, 0) is 16.6 Å². The number of hydrogen-bond donors (Lipinski definition) is 2. The van der Waals surface area contributed by atoms with Crippen LogP contribution >= 0.6 is 0 Å². The molecule has 2 aromatic heterocycles. The number of ether oxygens (including phenoxy) is 2. The molecule has 4 aromatic rings. The van der Waals surface area contributed by atoms with E-state index >= 15 is 0 Å². The lowest BCUT2D eigenvalue weighted by Crippen LogP contribution is -2.28. The molecule has 198 valence electrons. The summed E-state index contributed by atoms with van der Waals surface area (Å²) >= 11 is 0. The van der Waals surface area contributed by atoms with Gasteiger partial charge in [-0.05, 0) is 24.5 Å². The van der Waals surface area contributed by atoms with Crippen LogP contribution in [0.4, 0.5) is 23.4 Å². The van der Waals surface area contributed by atoms with Gasteiger partial charge in [-0.25, -0.2) is 9.37 Å². The van der Waals surface area contributed by atoms with Crippen molar-refractivity contribution in [3.8, 4) is 22.8 Å². The third-order valence-corrected chi connectivity index (χ3v) is 6.42. The molecule has 1 fully saturated rings. The number of halogens is 4. The van der Waals surface area contributed by atoms with Gasteiger partial charge in [0.05, 0.1) is 31.7 Å². The highest BCUT2D eigenvalue weighted by Gasteiger charge is 2.66. The minimum Gasteiger partial charge on any atom is -0.493 e. The number of amides is 1. The highest BCUT2D eigenvalue weighted by atomic mass is 19.4. The quantitative estimate of drug-likeness (QED) is 0.336. The summed E-state index contributed by atoms with van der Waals surface area (Å²) in [7, 11) is 2.91. The molecule has 13 heteroatoms. The number of aromatic nitrogens is 3. The Balaban J connectivity index is 1.33. The molecule has 1 aliphatic carbocycles. The predicted molar refractivity (Wildman–Crippen MR) is 127 cm³/mol. The zero-order chi connectivity index (χ0) is 27.2. The minimum atomic E-state index is -4.49. The van der Waals surface area contributed by atoms with E-state index in [1.807, 2.05) is 0 Å². The summed E-state index contributed by atoms with van der Waals surface area (Å²) in [5.41, 5.74) is -1.75. The Bertz CT molecular complexity index is 1610. The molecule has 2 aromatic carbocycles. The van der Waals surface area contributed by atoms with Crippen LogP contribution in [0.3, 0.4) is 0 Å². The number of nitrogens with zero attached hydrogens (tertiary/aromatic N) is 2. The summed E-state index contributed by atoms with van der Waals surface area (Å²) in [6, 6.07) is 7.98. The number of carbonyl (C=O) groups is 1. The molecule has 0 atom stereocenters. The van der Waals surface area contributed by atoms with Gasteiger partial charge in [0.25, 0.3) is 5.56 Å². The van der Waals surface area contributed by atoms with Crippen LogP contribution < -0.4 is 20.3 Å². The Labute approximate surface area is 211 Å². The standard InChI is InChI=1S/C25H20F4N4O5/c1-36-17-9-15-16(10-18(17)37-2)31-23(35)22(30-15)13-4-3-12(14(26)7-13)8-21(34)32-20-11-19(38-33-20)24(5-6-24)25(27,28)29/h3-4,7,9-11H,5-6,8H2,1-2H3,(H,31,35)(H,32,33,34). The number of aromatic amines is 1. The first-order valence-electron chi connectivity index (χ1n) is 11.3. The van der Waals surface area contributed by atoms with Gasteiger partial charge >= 0.3 is 6.18 Å². The molecule has 1 saturated carbocycles. The van der Waals surface area contributed by atoms with Gasteiger partial charge in [0.1, 0.15) is 16.9 Å². The molecule has 2 N–H and O–H groups in total. The van der Waals surface area contributed by atoms with Gasteiger partial charge in [0.15, 0.2) is 23.1 Å². The number of carbonyl (C=O) groups excluding carboxylic acids is 1. The van der Waals surface area contributed by atoms with Gasteiger partial charge in [-0.1, -0.05) is 17.3 Å². The second-order valence-electron chi connectivity index (χ2n) is 8.83. The molecular formula is C25H20F4N4O5. The lowest BCUT2D eigenvalue weighted by molar-refractivity contribution is -0.165. The van der Waals surface area contributed by atoms with Crippen molar-refractivity contribution in [1.82, 2.24) is 15.1 Å². The average Bonchev–Trinajstić information content (AvgIpc) is 3.58. The Morgan fingerprint density at radius 1 is 1.13 bits per heavy atom. The van der Waals surface area contributed by atoms with Crippen LogP contribution in [0.5, 0.6) is 11.5 Å². The first kappa shape index (κ1) is 25.2. The summed E-state index contributed by atoms with van der Waals surface area (Å²) < 4.78 is 69.9. The molecule has 0 saturated heterocycles. The third kappa shape index (κ3) is 4.44. The van der Waals surface area contributed by atoms with E-state index in [-0.39, 0.29) is 41.2 Å². The SMILES string of the molecule is COc1cc2nc(-c3ccc(CC(=O)Nc4cc(C5(C(F)(F)F)CC5)on4)c(F)c3)c(=O)[nH]c2cc1OC. The molecule has 1 amide bonds. The summed E-state index contributed by atoms with van der Waals surface area (Å²) in [5, 5.41) is 5.81. The zero-order valence-electron chi connectivity index (χ0n) is 20.0. The molecule has 0 radical (unpaired) electrons. The van der Waals surface area contributed by atoms with Gasteiger partial charge in [-0.2, -0.15) is 13.2 Å². The van der Waals surface area contributed by atoms with Crippen molar-refractivity contribution in [3.63, 3.8) is 0 Å². The molecule has 2 heterocycles. The largest absolute Gasteiger partial charge is 0.493 e. The summed E-state index contributed by atoms with van der Waals surface area (Å²) in [6.07, 6.45) is -5.16. The summed E-state index contributed by atoms with van der Waals surface area (Å²) in [4.78, 5) is 32.1. The van der Waals surface area contributed by atoms with E-state index in [1.54, 1.807) is 12.1 Å². The van der Waals surface area contributed by atoms with Crippen LogP contribution in [-0.4, -0.2) is 41.4 Å². The van der Waals surface area contributed by atoms with Crippen molar-refractivity contribution < 1.29 is 36.4 Å². The molecule has 9 nitrogen and oxygen atoms in total. The number of anilines is 1. The Morgan fingerprint density at radius 3 is 2.47 bits per heavy atom. The topological polar surface area (TPSA) is 119 Å². The smallest absolute Gasteiger partial charge is 0.401 e. The highest BCUT2D eigenvalue weighted by molar-refractivity contribution is 5.91. The van der Waals surface area contributed by atoms with Crippen molar-refractivity contribution >= 4 is 22.8 Å². The number of nitrogens with one attached hydrogen (secondary N) is 2. The number of fused-ring (bicyclic) bond motifs is 1. The van der Waals surface area contributed by atoms with Crippen molar-refractivity contribution in [2.24, 2.45) is 0 Å². The van der Waals surface area contributed by atoms with Crippen LogP contribution in [0.2, 0.25) is 0 Å². The number of benzene rings is 2. The number of methoxy groups -OCH3 is 2. The van der Waals surface area contributed by atoms with Gasteiger partial charge in [-0.3, -0.25) is 9.59 Å². The number of rotatable bonds is 7. The van der Waals surface area contributed by atoms with Gasteiger partial charge in [-0.15, -0.1) is 0 Å². The first-order valence-corrected chi connectivity index (χ1v) is 11.3. The summed E-state index contributed by atoms with van der Waals surface area (Å²) in [5.74, 6) is -1.27. The van der Waals surface area contributed by atoms with E-state index < -0.39 is 35.3 Å². The van der Waals surface area contributed by atoms with Gasteiger partial charge < -0.3 is 24.3 Å². The maximum absolute atomic E-state index is 14.9. The Morgan fingerprint density at radius 2 is 1.84 bits per heavy atom. The molecular weight excluding hydrogens is 512 g/mol. The number of hydrogen-bond acceptors (Lipinski definition) is 7. The Hall–Kier alpha value is -4.42. The average molecular weight is 532 g/mol. The lowest BCUT2D eigenvalue weighted by Gasteiger charge is -2.14. The maximum Gasteiger partial charge on any atom is 0.401 e. The van der Waals surface area contributed by atoms with Crippen LogP contribution in [0.15, 0.2) is 45.7 Å². The van der Waals surface area contributed by atoms with Gasteiger partial charge in [0, 0.05) is 23.8 Å². The van der Waals surface area contributed by atoms with Gasteiger partial charge in [0.2, 0.25) is 5.91 Å². The molecule has 1 aliphatic rings. The van der Waals surface area contributed by atoms with Crippen LogP contribution in [0.1, 0.15) is 24.2 Å². The normalized spacial score (nSPS) is 14.4. The second kappa shape index (κ2) is 9.15.